The fourth-order valence-corrected chi connectivity index (χ4v) is 6.40. The van der Waals surface area contributed by atoms with Gasteiger partial charge in [-0.25, -0.2) is 9.59 Å². The summed E-state index contributed by atoms with van der Waals surface area (Å²) in [5.74, 6) is -1.03. The number of piperazine rings is 1. The number of likely N-dealkylation sites (tertiary alicyclic amines) is 3. The Labute approximate surface area is 227 Å². The number of carboxylic acids is 1. The average Bonchev–Trinajstić information content (AvgIpc) is 3.18. The van der Waals surface area contributed by atoms with Gasteiger partial charge in [0.15, 0.2) is 0 Å². The lowest BCUT2D eigenvalue weighted by atomic mass is 10.0. The Morgan fingerprint density at radius 3 is 2.46 bits per heavy atom. The molecule has 3 heterocycles. The molecule has 1 saturated carbocycles. The van der Waals surface area contributed by atoms with Gasteiger partial charge in [0.05, 0.1) is 23.7 Å². The van der Waals surface area contributed by atoms with Crippen molar-refractivity contribution in [1.82, 2.24) is 20.0 Å². The second-order valence-electron chi connectivity index (χ2n) is 12.1. The van der Waals surface area contributed by atoms with Gasteiger partial charge >= 0.3 is 12.1 Å². The number of hydrogen-bond acceptors (Lipinski definition) is 7. The minimum atomic E-state index is -1.00. The number of benzene rings is 1. The molecule has 3 saturated heterocycles. The first-order chi connectivity index (χ1) is 18.4. The Balaban J connectivity index is 1.30. The summed E-state index contributed by atoms with van der Waals surface area (Å²) in [5, 5.41) is 21.5. The van der Waals surface area contributed by atoms with E-state index in [0.717, 1.165) is 12.0 Å². The van der Waals surface area contributed by atoms with Crippen molar-refractivity contribution in [3.05, 3.63) is 35.4 Å². The summed E-state index contributed by atoms with van der Waals surface area (Å²) in [5.41, 5.74) is 0.292. The smallest absolute Gasteiger partial charge is 0.408 e. The first kappa shape index (κ1) is 26.9. The molecule has 0 spiro atoms. The van der Waals surface area contributed by atoms with Crippen molar-refractivity contribution in [3.63, 3.8) is 0 Å². The van der Waals surface area contributed by atoms with Crippen molar-refractivity contribution in [1.29, 1.82) is 5.26 Å². The highest BCUT2D eigenvalue weighted by Gasteiger charge is 2.56. The van der Waals surface area contributed by atoms with E-state index in [1.807, 2.05) is 16.7 Å². The number of carboxylic acid groups (broad SMARTS) is 1. The number of carbonyl (C=O) groups excluding carboxylic acids is 3. The number of carbonyl (C=O) groups is 4. The number of fused-ring (bicyclic) bond motifs is 3. The largest absolute Gasteiger partial charge is 0.478 e. The molecule has 1 aromatic carbocycles. The Bertz CT molecular complexity index is 1220. The van der Waals surface area contributed by atoms with Gasteiger partial charge in [0, 0.05) is 25.2 Å². The molecular formula is C28H35N5O6. The molecule has 2 bridgehead atoms. The van der Waals surface area contributed by atoms with Crippen LogP contribution in [0.25, 0.3) is 0 Å². The van der Waals surface area contributed by atoms with E-state index < -0.39 is 35.8 Å². The molecule has 39 heavy (non-hydrogen) atoms. The summed E-state index contributed by atoms with van der Waals surface area (Å²) < 4.78 is 5.42. The number of hydrogen-bond donors (Lipinski definition) is 2. The third-order valence-corrected chi connectivity index (χ3v) is 8.29. The van der Waals surface area contributed by atoms with Crippen LogP contribution in [0.5, 0.6) is 0 Å². The number of piperidine rings is 1. The average molecular weight is 538 g/mol. The summed E-state index contributed by atoms with van der Waals surface area (Å²) in [4.78, 5) is 56.5. The quantitative estimate of drug-likeness (QED) is 0.539. The molecule has 4 unspecified atom stereocenters. The minimum Gasteiger partial charge on any atom is -0.478 e. The molecule has 1 aliphatic carbocycles. The van der Waals surface area contributed by atoms with Crippen LogP contribution >= 0.6 is 0 Å². The number of aromatic carboxylic acids is 1. The van der Waals surface area contributed by atoms with Gasteiger partial charge in [0.2, 0.25) is 11.8 Å². The van der Waals surface area contributed by atoms with E-state index in [-0.39, 0.29) is 42.0 Å². The number of alkyl carbamates (subject to hydrolysis) is 1. The standard InChI is InChI=1S/C28H35N5O6/c1-15(16-5-7-17(8-6-16)26(36)37)32-20-11-23(25(32)35)31(13-20)14-21(30-27(38)39-28(2,3)4)24(34)33-19(12-29)9-18-10-22(18)33/h5-8,15,18-23H,9-11,13-14H2,1-4H3,(H,30,38)(H,36,37)/t15-,18+,19?,20-,21?,22?,23?/m0/s1. The first-order valence-electron chi connectivity index (χ1n) is 13.5. The van der Waals surface area contributed by atoms with E-state index in [1.165, 1.54) is 12.1 Å². The molecule has 3 aliphatic heterocycles. The number of nitrogens with one attached hydrogen (secondary N) is 1. The van der Waals surface area contributed by atoms with Gasteiger partial charge in [-0.2, -0.15) is 5.26 Å². The lowest BCUT2D eigenvalue weighted by Gasteiger charge is -2.39. The summed E-state index contributed by atoms with van der Waals surface area (Å²) >= 11 is 0. The fraction of sp³-hybridized carbons (Fsp3) is 0.607. The molecule has 208 valence electrons. The van der Waals surface area contributed by atoms with Crippen molar-refractivity contribution in [2.45, 2.75) is 88.8 Å². The van der Waals surface area contributed by atoms with Crippen LogP contribution in [-0.4, -0.2) is 92.6 Å². The fourth-order valence-electron chi connectivity index (χ4n) is 6.40. The number of nitriles is 1. The molecule has 11 heteroatoms. The summed E-state index contributed by atoms with van der Waals surface area (Å²) in [6.07, 6.45) is 1.42. The van der Waals surface area contributed by atoms with Crippen LogP contribution in [0.1, 0.15) is 68.9 Å². The van der Waals surface area contributed by atoms with E-state index in [4.69, 9.17) is 4.74 Å². The molecule has 11 nitrogen and oxygen atoms in total. The SMILES string of the molecule is C[C@@H](c1ccc(C(=O)O)cc1)N1C(=O)C2C[C@H]1CN2CC(NC(=O)OC(C)(C)C)C(=O)N1C(C#N)C[C@@H]2CC21. The minimum absolute atomic E-state index is 0.0330. The van der Waals surface area contributed by atoms with Crippen LogP contribution in [-0.2, 0) is 14.3 Å². The maximum Gasteiger partial charge on any atom is 0.408 e. The maximum absolute atomic E-state index is 13.7. The van der Waals surface area contributed by atoms with Crippen LogP contribution in [0.3, 0.4) is 0 Å². The Morgan fingerprint density at radius 2 is 1.87 bits per heavy atom. The lowest BCUT2D eigenvalue weighted by Crippen LogP contribution is -2.59. The Kier molecular flexibility index (Phi) is 6.79. The number of nitrogens with zero attached hydrogens (tertiary/aromatic N) is 4. The monoisotopic (exact) mass is 537 g/mol. The molecule has 5 rings (SSSR count). The van der Waals surface area contributed by atoms with Crippen molar-refractivity contribution in [2.24, 2.45) is 5.92 Å². The van der Waals surface area contributed by atoms with Crippen molar-refractivity contribution >= 4 is 23.9 Å². The third-order valence-electron chi connectivity index (χ3n) is 8.29. The first-order valence-corrected chi connectivity index (χ1v) is 13.5. The van der Waals surface area contributed by atoms with E-state index >= 15 is 0 Å². The van der Waals surface area contributed by atoms with Crippen molar-refractivity contribution in [3.8, 4) is 6.07 Å². The molecule has 1 aromatic rings. The molecule has 0 aromatic heterocycles. The molecule has 0 radical (unpaired) electrons. The Morgan fingerprint density at radius 1 is 1.18 bits per heavy atom. The summed E-state index contributed by atoms with van der Waals surface area (Å²) in [7, 11) is 0. The highest BCUT2D eigenvalue weighted by atomic mass is 16.6. The van der Waals surface area contributed by atoms with Gasteiger partial charge in [-0.1, -0.05) is 12.1 Å². The maximum atomic E-state index is 13.7. The van der Waals surface area contributed by atoms with Gasteiger partial charge in [0.25, 0.3) is 0 Å². The predicted octanol–water partition coefficient (Wildman–Crippen LogP) is 2.14. The van der Waals surface area contributed by atoms with E-state index in [2.05, 4.69) is 11.4 Å². The Hall–Kier alpha value is -3.65. The highest BCUT2D eigenvalue weighted by molar-refractivity contribution is 5.89. The zero-order valence-electron chi connectivity index (χ0n) is 22.7. The van der Waals surface area contributed by atoms with Crippen molar-refractivity contribution < 1.29 is 29.0 Å². The van der Waals surface area contributed by atoms with Crippen LogP contribution in [0.15, 0.2) is 24.3 Å². The second kappa shape index (κ2) is 9.83. The molecule has 4 fully saturated rings. The molecule has 3 amide bonds. The molecular weight excluding hydrogens is 502 g/mol. The predicted molar refractivity (Wildman–Crippen MR) is 138 cm³/mol. The van der Waals surface area contributed by atoms with Crippen LogP contribution < -0.4 is 5.32 Å². The topological polar surface area (TPSA) is 143 Å². The van der Waals surface area contributed by atoms with Gasteiger partial charge in [-0.3, -0.25) is 14.5 Å². The van der Waals surface area contributed by atoms with Gasteiger partial charge in [0.1, 0.15) is 17.7 Å². The van der Waals surface area contributed by atoms with Gasteiger partial charge < -0.3 is 25.0 Å². The number of rotatable bonds is 7. The zero-order chi connectivity index (χ0) is 28.2. The van der Waals surface area contributed by atoms with E-state index in [1.54, 1.807) is 37.8 Å². The third kappa shape index (κ3) is 5.17. The second-order valence-corrected chi connectivity index (χ2v) is 12.1. The molecule has 4 aliphatic rings. The van der Waals surface area contributed by atoms with E-state index in [9.17, 15) is 29.5 Å². The molecule has 2 N–H and O–H groups in total. The summed E-state index contributed by atoms with van der Waals surface area (Å²) in [6.45, 7) is 7.85. The van der Waals surface area contributed by atoms with Crippen LogP contribution in [0.4, 0.5) is 4.79 Å². The normalized spacial score (nSPS) is 29.0. The lowest BCUT2D eigenvalue weighted by molar-refractivity contribution is -0.141. The number of ether oxygens (including phenoxy) is 1. The zero-order valence-corrected chi connectivity index (χ0v) is 22.7. The van der Waals surface area contributed by atoms with Crippen LogP contribution in [0, 0.1) is 17.2 Å². The van der Waals surface area contributed by atoms with E-state index in [0.29, 0.717) is 25.3 Å². The number of amides is 3. The molecule has 7 atom stereocenters. The van der Waals surface area contributed by atoms with Crippen LogP contribution in [0.2, 0.25) is 0 Å². The van der Waals surface area contributed by atoms with Crippen molar-refractivity contribution in [2.75, 3.05) is 13.1 Å². The highest BCUT2D eigenvalue weighted by Crippen LogP contribution is 2.48. The van der Waals surface area contributed by atoms with Gasteiger partial charge in [-0.15, -0.1) is 0 Å². The van der Waals surface area contributed by atoms with Gasteiger partial charge in [-0.05, 0) is 70.6 Å². The summed E-state index contributed by atoms with van der Waals surface area (Å²) in [6, 6.07) is 6.62.